The summed E-state index contributed by atoms with van der Waals surface area (Å²) in [5.74, 6) is 0.637. The minimum absolute atomic E-state index is 0.143. The monoisotopic (exact) mass is 323 g/mol. The van der Waals surface area contributed by atoms with Crippen LogP contribution in [-0.4, -0.2) is 80.5 Å². The van der Waals surface area contributed by atoms with Crippen molar-refractivity contribution >= 4 is 0 Å². The van der Waals surface area contributed by atoms with Crippen LogP contribution in [0, 0.1) is 5.92 Å². The zero-order chi connectivity index (χ0) is 16.2. The van der Waals surface area contributed by atoms with Gasteiger partial charge in [0, 0.05) is 45.3 Å². The Morgan fingerprint density at radius 3 is 2.64 bits per heavy atom. The molecule has 0 radical (unpaired) electrons. The van der Waals surface area contributed by atoms with Crippen LogP contribution in [0.15, 0.2) is 0 Å². The number of alkyl halides is 3. The Labute approximate surface area is 131 Å². The minimum Gasteiger partial charge on any atom is -0.374 e. The van der Waals surface area contributed by atoms with Gasteiger partial charge in [-0.05, 0) is 12.3 Å². The average Bonchev–Trinajstić information content (AvgIpc) is 2.81. The largest absolute Gasteiger partial charge is 0.401 e. The van der Waals surface area contributed by atoms with Gasteiger partial charge in [0.1, 0.15) is 0 Å². The zero-order valence-corrected chi connectivity index (χ0v) is 13.5. The van der Waals surface area contributed by atoms with Crippen LogP contribution < -0.4 is 5.32 Å². The van der Waals surface area contributed by atoms with E-state index in [1.165, 1.54) is 4.90 Å². The fourth-order valence-corrected chi connectivity index (χ4v) is 3.28. The van der Waals surface area contributed by atoms with Gasteiger partial charge in [0.25, 0.3) is 0 Å². The Morgan fingerprint density at radius 1 is 1.18 bits per heavy atom. The van der Waals surface area contributed by atoms with Crippen LogP contribution in [0.2, 0.25) is 0 Å². The van der Waals surface area contributed by atoms with Crippen LogP contribution in [0.4, 0.5) is 13.2 Å². The Morgan fingerprint density at radius 2 is 1.95 bits per heavy atom. The molecule has 2 atom stereocenters. The normalized spacial score (nSPS) is 28.6. The van der Waals surface area contributed by atoms with Gasteiger partial charge in [-0.1, -0.05) is 13.8 Å². The van der Waals surface area contributed by atoms with Crippen molar-refractivity contribution in [2.24, 2.45) is 5.92 Å². The molecule has 2 heterocycles. The van der Waals surface area contributed by atoms with E-state index in [1.54, 1.807) is 0 Å². The molecule has 130 valence electrons. The van der Waals surface area contributed by atoms with Crippen molar-refractivity contribution in [2.75, 3.05) is 52.4 Å². The molecule has 0 saturated carbocycles. The highest BCUT2D eigenvalue weighted by Gasteiger charge is 2.34. The molecule has 22 heavy (non-hydrogen) atoms. The fourth-order valence-electron chi connectivity index (χ4n) is 3.28. The molecule has 7 heteroatoms. The number of rotatable bonds is 6. The van der Waals surface area contributed by atoms with E-state index >= 15 is 0 Å². The van der Waals surface area contributed by atoms with Crippen LogP contribution in [0.1, 0.15) is 20.3 Å². The van der Waals surface area contributed by atoms with Gasteiger partial charge in [-0.3, -0.25) is 9.80 Å². The molecule has 0 aromatic carbocycles. The van der Waals surface area contributed by atoms with Crippen molar-refractivity contribution in [3.05, 3.63) is 0 Å². The first-order chi connectivity index (χ1) is 10.3. The van der Waals surface area contributed by atoms with Crippen molar-refractivity contribution in [1.29, 1.82) is 0 Å². The van der Waals surface area contributed by atoms with Crippen LogP contribution in [0.25, 0.3) is 0 Å². The van der Waals surface area contributed by atoms with Gasteiger partial charge in [0.05, 0.1) is 19.3 Å². The summed E-state index contributed by atoms with van der Waals surface area (Å²) in [6.45, 7) is 9.01. The number of ether oxygens (including phenoxy) is 1. The molecule has 2 aliphatic rings. The van der Waals surface area contributed by atoms with Crippen LogP contribution >= 0.6 is 0 Å². The van der Waals surface area contributed by atoms with E-state index in [9.17, 15) is 13.2 Å². The number of halogens is 3. The molecule has 4 nitrogen and oxygen atoms in total. The average molecular weight is 323 g/mol. The summed E-state index contributed by atoms with van der Waals surface area (Å²) in [6, 6.07) is 0.145. The fraction of sp³-hybridized carbons (Fsp3) is 1.00. The highest BCUT2D eigenvalue weighted by molar-refractivity contribution is 4.84. The number of nitrogens with one attached hydrogen (secondary N) is 1. The molecule has 0 bridgehead atoms. The SMILES string of the molecule is CC(C)CN1CCO[C@@H](CN[C@@H]2CCN(CC(F)(F)F)C2)C1. The molecule has 0 aromatic heterocycles. The second-order valence-electron chi connectivity index (χ2n) is 6.89. The standard InChI is InChI=1S/C15H28F3N3O/c1-12(2)8-20-5-6-22-14(10-20)7-19-13-3-4-21(9-13)11-15(16,17)18/h12-14,19H,3-11H2,1-2H3/t13-,14+/m1/s1. The topological polar surface area (TPSA) is 27.7 Å². The van der Waals surface area contributed by atoms with Gasteiger partial charge in [-0.15, -0.1) is 0 Å². The van der Waals surface area contributed by atoms with Crippen molar-refractivity contribution in [2.45, 2.75) is 38.6 Å². The second-order valence-corrected chi connectivity index (χ2v) is 6.89. The maximum atomic E-state index is 12.4. The lowest BCUT2D eigenvalue weighted by atomic mass is 10.1. The molecule has 0 amide bonds. The van der Waals surface area contributed by atoms with E-state index in [1.807, 2.05) is 0 Å². The summed E-state index contributed by atoms with van der Waals surface area (Å²) in [6.07, 6.45) is -3.18. The molecule has 2 fully saturated rings. The van der Waals surface area contributed by atoms with Crippen LogP contribution in [0.5, 0.6) is 0 Å². The van der Waals surface area contributed by atoms with E-state index in [0.717, 1.165) is 39.2 Å². The maximum Gasteiger partial charge on any atom is 0.401 e. The first-order valence-electron chi connectivity index (χ1n) is 8.18. The molecule has 2 rings (SSSR count). The minimum atomic E-state index is -4.10. The van der Waals surface area contributed by atoms with Crippen molar-refractivity contribution in [1.82, 2.24) is 15.1 Å². The van der Waals surface area contributed by atoms with Crippen molar-refractivity contribution in [3.8, 4) is 0 Å². The Hall–Kier alpha value is -0.370. The third-order valence-corrected chi connectivity index (χ3v) is 4.16. The predicted octanol–water partition coefficient (Wildman–Crippen LogP) is 1.57. The molecule has 2 saturated heterocycles. The van der Waals surface area contributed by atoms with Gasteiger partial charge in [0.2, 0.25) is 0 Å². The third-order valence-electron chi connectivity index (χ3n) is 4.16. The first-order valence-corrected chi connectivity index (χ1v) is 8.18. The van der Waals surface area contributed by atoms with Crippen LogP contribution in [0.3, 0.4) is 0 Å². The highest BCUT2D eigenvalue weighted by atomic mass is 19.4. The summed E-state index contributed by atoms with van der Waals surface area (Å²) in [5.41, 5.74) is 0. The molecule has 1 N–H and O–H groups in total. The van der Waals surface area contributed by atoms with E-state index in [4.69, 9.17) is 4.74 Å². The van der Waals surface area contributed by atoms with Gasteiger partial charge < -0.3 is 10.1 Å². The zero-order valence-electron chi connectivity index (χ0n) is 13.5. The summed E-state index contributed by atoms with van der Waals surface area (Å²) in [7, 11) is 0. The van der Waals surface area contributed by atoms with Crippen molar-refractivity contribution in [3.63, 3.8) is 0 Å². The molecule has 0 aliphatic carbocycles. The number of likely N-dealkylation sites (tertiary alicyclic amines) is 1. The van der Waals surface area contributed by atoms with E-state index in [0.29, 0.717) is 19.0 Å². The molecular weight excluding hydrogens is 295 g/mol. The lowest BCUT2D eigenvalue weighted by Gasteiger charge is -2.34. The molecule has 0 unspecified atom stereocenters. The smallest absolute Gasteiger partial charge is 0.374 e. The lowest BCUT2D eigenvalue weighted by Crippen LogP contribution is -2.49. The highest BCUT2D eigenvalue weighted by Crippen LogP contribution is 2.20. The maximum absolute atomic E-state index is 12.4. The lowest BCUT2D eigenvalue weighted by molar-refractivity contribution is -0.143. The Bertz CT molecular complexity index is 338. The number of nitrogens with zero attached hydrogens (tertiary/aromatic N) is 2. The summed E-state index contributed by atoms with van der Waals surface area (Å²) in [5, 5.41) is 3.38. The predicted molar refractivity (Wildman–Crippen MR) is 79.9 cm³/mol. The first kappa shape index (κ1) is 18.0. The quantitative estimate of drug-likeness (QED) is 0.803. The molecule has 0 aromatic rings. The molecule has 2 aliphatic heterocycles. The molecular formula is C15H28F3N3O. The van der Waals surface area contributed by atoms with E-state index in [-0.39, 0.29) is 12.1 Å². The van der Waals surface area contributed by atoms with E-state index < -0.39 is 12.7 Å². The summed E-state index contributed by atoms with van der Waals surface area (Å²) < 4.78 is 42.9. The number of hydrogen-bond acceptors (Lipinski definition) is 4. The third kappa shape index (κ3) is 6.40. The Balaban J connectivity index is 1.66. The van der Waals surface area contributed by atoms with Crippen molar-refractivity contribution < 1.29 is 17.9 Å². The number of hydrogen-bond donors (Lipinski definition) is 1. The van der Waals surface area contributed by atoms with E-state index in [2.05, 4.69) is 24.1 Å². The van der Waals surface area contributed by atoms with Gasteiger partial charge in [0.15, 0.2) is 0 Å². The van der Waals surface area contributed by atoms with Gasteiger partial charge >= 0.3 is 6.18 Å². The summed E-state index contributed by atoms with van der Waals surface area (Å²) in [4.78, 5) is 3.88. The molecule has 0 spiro atoms. The van der Waals surface area contributed by atoms with Crippen LogP contribution in [-0.2, 0) is 4.74 Å². The van der Waals surface area contributed by atoms with Gasteiger partial charge in [-0.2, -0.15) is 13.2 Å². The number of morpholine rings is 1. The summed E-state index contributed by atoms with van der Waals surface area (Å²) >= 11 is 0. The Kier molecular flexibility index (Phi) is 6.49. The second kappa shape index (κ2) is 7.95. The van der Waals surface area contributed by atoms with Gasteiger partial charge in [-0.25, -0.2) is 0 Å².